The zero-order valence-corrected chi connectivity index (χ0v) is 19.1. The van der Waals surface area contributed by atoms with Crippen molar-refractivity contribution >= 4 is 27.6 Å². The van der Waals surface area contributed by atoms with Gasteiger partial charge >= 0.3 is 0 Å². The van der Waals surface area contributed by atoms with Crippen molar-refractivity contribution in [2.45, 2.75) is 38.0 Å². The normalized spacial score (nSPS) is 14.5. The average Bonchev–Trinajstić information content (AvgIpc) is 2.75. The third kappa shape index (κ3) is 6.97. The van der Waals surface area contributed by atoms with Gasteiger partial charge in [-0.15, -0.1) is 0 Å². The zero-order valence-electron chi connectivity index (χ0n) is 18.3. The summed E-state index contributed by atoms with van der Waals surface area (Å²) in [5.41, 5.74) is 11.2. The van der Waals surface area contributed by atoms with Crippen LogP contribution in [-0.4, -0.2) is 49.4 Å². The summed E-state index contributed by atoms with van der Waals surface area (Å²) >= 11 is 0. The molecule has 1 aliphatic rings. The number of anilines is 1. The molecule has 1 saturated heterocycles. The van der Waals surface area contributed by atoms with Crippen molar-refractivity contribution in [1.82, 2.24) is 9.88 Å². The molecular weight excluding hydrogens is 448 g/mol. The lowest BCUT2D eigenvalue weighted by molar-refractivity contribution is -0.133. The van der Waals surface area contributed by atoms with Gasteiger partial charge in [0.15, 0.2) is 0 Å². The van der Waals surface area contributed by atoms with Crippen molar-refractivity contribution < 1.29 is 18.0 Å². The summed E-state index contributed by atoms with van der Waals surface area (Å²) in [7, 11) is -3.87. The number of carbonyl (C=O) groups is 1. The molecule has 6 N–H and O–H groups in total. The number of nitrogens with two attached hydrogens (primary N) is 2. The number of hydrogen-bond acceptors (Lipinski definition) is 6. The summed E-state index contributed by atoms with van der Waals surface area (Å²) in [6.45, 7) is 2.53. The summed E-state index contributed by atoms with van der Waals surface area (Å²) in [5, 5.41) is 3.55. The Hall–Kier alpha value is -3.54. The molecule has 1 fully saturated rings. The fourth-order valence-electron chi connectivity index (χ4n) is 3.61. The van der Waals surface area contributed by atoms with E-state index in [0.29, 0.717) is 42.8 Å². The number of nitrogens with one attached hydrogen (secondary N) is 2. The first kappa shape index (κ1) is 24.1. The van der Waals surface area contributed by atoms with Gasteiger partial charge in [-0.1, -0.05) is 30.3 Å². The second kappa shape index (κ2) is 10.4. The number of aryl methyl sites for hydroxylation is 1. The van der Waals surface area contributed by atoms with Gasteiger partial charge in [0.05, 0.1) is 12.2 Å². The van der Waals surface area contributed by atoms with Crippen molar-refractivity contribution in [3.63, 3.8) is 0 Å². The van der Waals surface area contributed by atoms with E-state index in [2.05, 4.69) is 14.9 Å². The summed E-state index contributed by atoms with van der Waals surface area (Å²) in [6.07, 6.45) is 0.784. The van der Waals surface area contributed by atoms with Gasteiger partial charge in [0.1, 0.15) is 11.8 Å². The van der Waals surface area contributed by atoms with Crippen molar-refractivity contribution in [3.8, 4) is 0 Å². The molecular formula is C21H28N6O5S. The SMILES string of the molecule is Cc1cc(CC(=O)N2CCC(ON=C(N)N)CC2)c(NS(=O)(=O)Cc2ccccc2)c(=O)[nH]1. The molecule has 0 radical (unpaired) electrons. The van der Waals surface area contributed by atoms with E-state index in [1.807, 2.05) is 0 Å². The van der Waals surface area contributed by atoms with Gasteiger partial charge in [0.25, 0.3) is 5.56 Å². The third-order valence-electron chi connectivity index (χ3n) is 5.15. The molecule has 0 bridgehead atoms. The number of piperidine rings is 1. The predicted octanol–water partition coefficient (Wildman–Crippen LogP) is 0.364. The number of aromatic nitrogens is 1. The van der Waals surface area contributed by atoms with Crippen LogP contribution in [0.15, 0.2) is 46.3 Å². The molecule has 2 heterocycles. The van der Waals surface area contributed by atoms with Crippen LogP contribution in [0, 0.1) is 6.92 Å². The molecule has 0 unspecified atom stereocenters. The van der Waals surface area contributed by atoms with E-state index in [4.69, 9.17) is 16.3 Å². The molecule has 1 aromatic carbocycles. The summed E-state index contributed by atoms with van der Waals surface area (Å²) < 4.78 is 27.8. The average molecular weight is 477 g/mol. The van der Waals surface area contributed by atoms with E-state index in [1.165, 1.54) is 0 Å². The highest BCUT2D eigenvalue weighted by molar-refractivity contribution is 7.91. The number of benzene rings is 1. The molecule has 2 aromatic rings. The highest BCUT2D eigenvalue weighted by atomic mass is 32.2. The maximum Gasteiger partial charge on any atom is 0.272 e. The number of nitrogens with zero attached hydrogens (tertiary/aromatic N) is 2. The first-order chi connectivity index (χ1) is 15.6. The van der Waals surface area contributed by atoms with E-state index >= 15 is 0 Å². The molecule has 1 aliphatic heterocycles. The highest BCUT2D eigenvalue weighted by Gasteiger charge is 2.26. The van der Waals surface area contributed by atoms with Crippen molar-refractivity contribution in [1.29, 1.82) is 0 Å². The molecule has 0 atom stereocenters. The van der Waals surface area contributed by atoms with Gasteiger partial charge in [0, 0.05) is 31.6 Å². The smallest absolute Gasteiger partial charge is 0.272 e. The van der Waals surface area contributed by atoms with E-state index < -0.39 is 15.6 Å². The van der Waals surface area contributed by atoms with E-state index in [9.17, 15) is 18.0 Å². The number of carbonyl (C=O) groups excluding carboxylic acids is 1. The lowest BCUT2D eigenvalue weighted by atomic mass is 10.1. The minimum absolute atomic E-state index is 0.118. The molecule has 1 aromatic heterocycles. The third-order valence-corrected chi connectivity index (χ3v) is 6.38. The Bertz CT molecular complexity index is 1170. The zero-order chi connectivity index (χ0) is 24.0. The molecule has 11 nitrogen and oxygen atoms in total. The van der Waals surface area contributed by atoms with Crippen LogP contribution in [0.4, 0.5) is 5.69 Å². The molecule has 3 rings (SSSR count). The standard InChI is InChI=1S/C21H28N6O5S/c1-14-11-16(12-18(28)27-9-7-17(8-10-27)32-25-21(22)23)19(20(29)24-14)26-33(30,31)13-15-5-3-2-4-6-15/h2-6,11,17,26H,7-10,12-13H2,1H3,(H,24,29)(H4,22,23,25). The van der Waals surface area contributed by atoms with Gasteiger partial charge in [-0.2, -0.15) is 0 Å². The monoisotopic (exact) mass is 476 g/mol. The number of amides is 1. The van der Waals surface area contributed by atoms with Gasteiger partial charge in [0.2, 0.25) is 21.9 Å². The number of sulfonamides is 1. The van der Waals surface area contributed by atoms with Gasteiger partial charge in [-0.05, 0) is 29.3 Å². The number of rotatable bonds is 8. The highest BCUT2D eigenvalue weighted by Crippen LogP contribution is 2.19. The van der Waals surface area contributed by atoms with Crippen LogP contribution in [0.25, 0.3) is 0 Å². The molecule has 12 heteroatoms. The van der Waals surface area contributed by atoms with Crippen molar-refractivity contribution in [2.75, 3.05) is 17.8 Å². The Morgan fingerprint density at radius 1 is 1.24 bits per heavy atom. The van der Waals surface area contributed by atoms with Gasteiger partial charge in [-0.3, -0.25) is 14.3 Å². The predicted molar refractivity (Wildman–Crippen MR) is 125 cm³/mol. The Morgan fingerprint density at radius 3 is 2.55 bits per heavy atom. The Labute approximate surface area is 191 Å². The number of pyridine rings is 1. The first-order valence-electron chi connectivity index (χ1n) is 10.4. The summed E-state index contributed by atoms with van der Waals surface area (Å²) in [6, 6.07) is 10.2. The fourth-order valence-corrected chi connectivity index (χ4v) is 4.85. The van der Waals surface area contributed by atoms with E-state index in [0.717, 1.165) is 0 Å². The molecule has 0 saturated carbocycles. The number of aromatic amines is 1. The van der Waals surface area contributed by atoms with Crippen LogP contribution in [0.1, 0.15) is 29.7 Å². The van der Waals surface area contributed by atoms with Crippen LogP contribution in [0.5, 0.6) is 0 Å². The fraction of sp³-hybridized carbons (Fsp3) is 0.381. The lowest BCUT2D eigenvalue weighted by Gasteiger charge is -2.31. The van der Waals surface area contributed by atoms with E-state index in [1.54, 1.807) is 48.2 Å². The second-order valence-corrected chi connectivity index (χ2v) is 9.63. The van der Waals surface area contributed by atoms with Gasteiger partial charge < -0.3 is 26.2 Å². The maximum atomic E-state index is 12.9. The molecule has 0 spiro atoms. The van der Waals surface area contributed by atoms with Crippen molar-refractivity contribution in [2.24, 2.45) is 16.6 Å². The maximum absolute atomic E-state index is 12.9. The Morgan fingerprint density at radius 2 is 1.91 bits per heavy atom. The summed E-state index contributed by atoms with van der Waals surface area (Å²) in [4.78, 5) is 34.9. The number of hydrogen-bond donors (Lipinski definition) is 4. The van der Waals surface area contributed by atoms with Crippen molar-refractivity contribution in [3.05, 3.63) is 63.6 Å². The van der Waals surface area contributed by atoms with Crippen LogP contribution >= 0.6 is 0 Å². The van der Waals surface area contributed by atoms with Crippen LogP contribution in [0.2, 0.25) is 0 Å². The van der Waals surface area contributed by atoms with Gasteiger partial charge in [-0.25, -0.2) is 8.42 Å². The lowest BCUT2D eigenvalue weighted by Crippen LogP contribution is -2.41. The first-order valence-corrected chi connectivity index (χ1v) is 12.1. The molecule has 33 heavy (non-hydrogen) atoms. The van der Waals surface area contributed by atoms with Crippen LogP contribution in [0.3, 0.4) is 0 Å². The number of H-pyrrole nitrogens is 1. The quantitative estimate of drug-likeness (QED) is 0.242. The summed E-state index contributed by atoms with van der Waals surface area (Å²) in [5.74, 6) is -0.679. The van der Waals surface area contributed by atoms with Crippen LogP contribution in [-0.2, 0) is 31.8 Å². The number of guanidine groups is 1. The minimum Gasteiger partial charge on any atom is -0.389 e. The number of likely N-dealkylation sites (tertiary alicyclic amines) is 1. The van der Waals surface area contributed by atoms with E-state index in [-0.39, 0.29) is 35.8 Å². The topological polar surface area (TPSA) is 173 Å². The Balaban J connectivity index is 1.71. The number of oxime groups is 1. The Kier molecular flexibility index (Phi) is 7.59. The molecule has 1 amide bonds. The molecule has 178 valence electrons. The van der Waals surface area contributed by atoms with Crippen LogP contribution < -0.4 is 21.7 Å². The largest absolute Gasteiger partial charge is 0.389 e. The molecule has 0 aliphatic carbocycles. The minimum atomic E-state index is -3.87. The second-order valence-electron chi connectivity index (χ2n) is 7.91.